The lowest BCUT2D eigenvalue weighted by molar-refractivity contribution is 0.412. The summed E-state index contributed by atoms with van der Waals surface area (Å²) in [6, 6.07) is 17.1. The van der Waals surface area contributed by atoms with Gasteiger partial charge in [0.1, 0.15) is 0 Å². The summed E-state index contributed by atoms with van der Waals surface area (Å²) in [4.78, 5) is 2.32. The highest BCUT2D eigenvalue weighted by Crippen LogP contribution is 2.27. The number of anilines is 1. The van der Waals surface area contributed by atoms with Gasteiger partial charge in [0.05, 0.1) is 6.20 Å². The van der Waals surface area contributed by atoms with Crippen LogP contribution >= 0.6 is 0 Å². The molecular formula is C20H22N4. The molecule has 0 amide bonds. The smallest absolute Gasteiger partial charge is 0.151 e. The highest BCUT2D eigenvalue weighted by Gasteiger charge is 2.19. The number of nitrogens with zero attached hydrogens (tertiary/aromatic N) is 3. The minimum absolute atomic E-state index is 0.651. The number of rotatable bonds is 3. The first-order chi connectivity index (χ1) is 11.8. The van der Waals surface area contributed by atoms with Crippen LogP contribution in [-0.2, 0) is 0 Å². The molecule has 1 fully saturated rings. The van der Waals surface area contributed by atoms with Crippen LogP contribution in [0.15, 0.2) is 54.7 Å². The van der Waals surface area contributed by atoms with Crippen LogP contribution in [0.3, 0.4) is 0 Å². The van der Waals surface area contributed by atoms with Crippen molar-refractivity contribution in [1.82, 2.24) is 10.2 Å². The first-order valence-electron chi connectivity index (χ1n) is 8.60. The van der Waals surface area contributed by atoms with E-state index in [0.29, 0.717) is 5.92 Å². The summed E-state index contributed by atoms with van der Waals surface area (Å²) in [6.07, 6.45) is 4.12. The average molecular weight is 318 g/mol. The van der Waals surface area contributed by atoms with Crippen LogP contribution in [0.2, 0.25) is 0 Å². The minimum Gasteiger partial charge on any atom is -0.355 e. The maximum absolute atomic E-state index is 5.79. The molecule has 24 heavy (non-hydrogen) atoms. The lowest BCUT2D eigenvalue weighted by Gasteiger charge is -2.32. The van der Waals surface area contributed by atoms with Crippen LogP contribution in [0.25, 0.3) is 21.9 Å². The molecule has 1 aliphatic heterocycles. The van der Waals surface area contributed by atoms with Gasteiger partial charge in [-0.05, 0) is 53.8 Å². The van der Waals surface area contributed by atoms with E-state index in [1.807, 2.05) is 6.20 Å². The molecule has 2 heterocycles. The first-order valence-corrected chi connectivity index (χ1v) is 8.60. The Morgan fingerprint density at radius 2 is 1.75 bits per heavy atom. The fourth-order valence-electron chi connectivity index (χ4n) is 3.43. The number of fused-ring (bicyclic) bond motifs is 1. The molecule has 0 atom stereocenters. The third kappa shape index (κ3) is 2.97. The fourth-order valence-corrected chi connectivity index (χ4v) is 3.43. The minimum atomic E-state index is 0.651. The van der Waals surface area contributed by atoms with Crippen molar-refractivity contribution in [1.29, 1.82) is 0 Å². The summed E-state index contributed by atoms with van der Waals surface area (Å²) >= 11 is 0. The molecule has 0 spiro atoms. The van der Waals surface area contributed by atoms with Crippen molar-refractivity contribution in [2.24, 2.45) is 11.7 Å². The Morgan fingerprint density at radius 1 is 0.958 bits per heavy atom. The fraction of sp³-hybridized carbons (Fsp3) is 0.300. The van der Waals surface area contributed by atoms with E-state index in [1.165, 1.54) is 16.3 Å². The molecule has 2 aromatic carbocycles. The van der Waals surface area contributed by atoms with Crippen molar-refractivity contribution < 1.29 is 0 Å². The maximum Gasteiger partial charge on any atom is 0.151 e. The number of benzene rings is 2. The number of nitrogens with two attached hydrogens (primary N) is 1. The summed E-state index contributed by atoms with van der Waals surface area (Å²) in [5.41, 5.74) is 8.09. The number of aromatic nitrogens is 2. The zero-order chi connectivity index (χ0) is 16.4. The summed E-state index contributed by atoms with van der Waals surface area (Å²) in [7, 11) is 0. The van der Waals surface area contributed by atoms with Crippen molar-refractivity contribution in [2.45, 2.75) is 12.8 Å². The van der Waals surface area contributed by atoms with E-state index in [4.69, 9.17) is 5.73 Å². The van der Waals surface area contributed by atoms with Crippen LogP contribution in [0.4, 0.5) is 5.82 Å². The molecule has 4 nitrogen and oxygen atoms in total. The van der Waals surface area contributed by atoms with E-state index < -0.39 is 0 Å². The van der Waals surface area contributed by atoms with Gasteiger partial charge < -0.3 is 10.6 Å². The van der Waals surface area contributed by atoms with Crippen LogP contribution < -0.4 is 10.6 Å². The molecule has 0 radical (unpaired) electrons. The second kappa shape index (κ2) is 6.57. The predicted octanol–water partition coefficient (Wildman–Crippen LogP) is 3.47. The van der Waals surface area contributed by atoms with Gasteiger partial charge in [-0.25, -0.2) is 0 Å². The summed E-state index contributed by atoms with van der Waals surface area (Å²) in [5, 5.41) is 11.1. The molecule has 4 heteroatoms. The Bertz CT molecular complexity index is 838. The Kier molecular flexibility index (Phi) is 4.13. The average Bonchev–Trinajstić information content (AvgIpc) is 2.68. The molecule has 1 saturated heterocycles. The summed E-state index contributed by atoms with van der Waals surface area (Å²) < 4.78 is 0. The largest absolute Gasteiger partial charge is 0.355 e. The van der Waals surface area contributed by atoms with Gasteiger partial charge in [0.25, 0.3) is 0 Å². The Balaban J connectivity index is 1.62. The van der Waals surface area contributed by atoms with Gasteiger partial charge in [-0.3, -0.25) is 0 Å². The van der Waals surface area contributed by atoms with Gasteiger partial charge in [0.15, 0.2) is 5.82 Å². The second-order valence-corrected chi connectivity index (χ2v) is 6.53. The van der Waals surface area contributed by atoms with Crippen molar-refractivity contribution in [3.05, 3.63) is 54.7 Å². The first kappa shape index (κ1) is 15.1. The number of hydrogen-bond donors (Lipinski definition) is 1. The third-order valence-electron chi connectivity index (χ3n) is 5.00. The van der Waals surface area contributed by atoms with Gasteiger partial charge in [-0.15, -0.1) is 5.10 Å². The van der Waals surface area contributed by atoms with Gasteiger partial charge in [-0.1, -0.05) is 36.4 Å². The van der Waals surface area contributed by atoms with Crippen LogP contribution in [0.5, 0.6) is 0 Å². The molecule has 122 valence electrons. The van der Waals surface area contributed by atoms with Crippen LogP contribution in [0.1, 0.15) is 12.8 Å². The van der Waals surface area contributed by atoms with Crippen molar-refractivity contribution in [2.75, 3.05) is 24.5 Å². The van der Waals surface area contributed by atoms with Gasteiger partial charge >= 0.3 is 0 Å². The molecular weight excluding hydrogens is 296 g/mol. The van der Waals surface area contributed by atoms with Crippen molar-refractivity contribution in [3.63, 3.8) is 0 Å². The molecule has 1 aromatic heterocycles. The van der Waals surface area contributed by atoms with Gasteiger partial charge in [0, 0.05) is 18.7 Å². The lowest BCUT2D eigenvalue weighted by atomic mass is 9.97. The van der Waals surface area contributed by atoms with E-state index in [0.717, 1.165) is 43.9 Å². The quantitative estimate of drug-likeness (QED) is 0.803. The lowest BCUT2D eigenvalue weighted by Crippen LogP contribution is -2.36. The topological polar surface area (TPSA) is 55.0 Å². The molecule has 4 rings (SSSR count). The molecule has 0 unspecified atom stereocenters. The van der Waals surface area contributed by atoms with Gasteiger partial charge in [0.2, 0.25) is 0 Å². The Labute approximate surface area is 142 Å². The standard InChI is InChI=1S/C20H22N4/c21-13-15-7-9-24(10-8-15)20-12-19(14-22-23-20)18-6-5-16-3-1-2-4-17(16)11-18/h1-6,11-12,14-15H,7-10,13,21H2. The maximum atomic E-state index is 5.79. The zero-order valence-electron chi connectivity index (χ0n) is 13.7. The van der Waals surface area contributed by atoms with Crippen LogP contribution in [0, 0.1) is 5.92 Å². The van der Waals surface area contributed by atoms with E-state index in [2.05, 4.69) is 63.6 Å². The molecule has 0 saturated carbocycles. The monoisotopic (exact) mass is 318 g/mol. The number of hydrogen-bond acceptors (Lipinski definition) is 4. The predicted molar refractivity (Wildman–Crippen MR) is 99.0 cm³/mol. The molecule has 0 aliphatic carbocycles. The van der Waals surface area contributed by atoms with E-state index >= 15 is 0 Å². The molecule has 3 aromatic rings. The normalized spacial score (nSPS) is 15.8. The van der Waals surface area contributed by atoms with Gasteiger partial charge in [-0.2, -0.15) is 5.10 Å². The molecule has 2 N–H and O–H groups in total. The van der Waals surface area contributed by atoms with E-state index in [9.17, 15) is 0 Å². The highest BCUT2D eigenvalue weighted by atomic mass is 15.3. The number of piperidine rings is 1. The second-order valence-electron chi connectivity index (χ2n) is 6.53. The van der Waals surface area contributed by atoms with Crippen molar-refractivity contribution in [3.8, 4) is 11.1 Å². The van der Waals surface area contributed by atoms with E-state index in [-0.39, 0.29) is 0 Å². The third-order valence-corrected chi connectivity index (χ3v) is 5.00. The zero-order valence-corrected chi connectivity index (χ0v) is 13.7. The molecule has 0 bridgehead atoms. The molecule has 1 aliphatic rings. The van der Waals surface area contributed by atoms with Crippen LogP contribution in [-0.4, -0.2) is 29.8 Å². The summed E-state index contributed by atoms with van der Waals surface area (Å²) in [5.74, 6) is 1.62. The van der Waals surface area contributed by atoms with E-state index in [1.54, 1.807) is 0 Å². The highest BCUT2D eigenvalue weighted by molar-refractivity contribution is 5.87. The Hall–Kier alpha value is -2.46. The SMILES string of the molecule is NCC1CCN(c2cc(-c3ccc4ccccc4c3)cnn2)CC1. The summed E-state index contributed by atoms with van der Waals surface area (Å²) in [6.45, 7) is 2.81. The van der Waals surface area contributed by atoms with Crippen molar-refractivity contribution >= 4 is 16.6 Å². The Morgan fingerprint density at radius 3 is 2.54 bits per heavy atom.